The molecular formula is C14H13ClN2O3S. The van der Waals surface area contributed by atoms with Crippen molar-refractivity contribution in [3.8, 4) is 17.1 Å². The fraction of sp³-hybridized carbons (Fsp3) is 0.214. The van der Waals surface area contributed by atoms with Gasteiger partial charge < -0.3 is 14.5 Å². The highest BCUT2D eigenvalue weighted by atomic mass is 35.5. The Hall–Kier alpha value is -1.92. The molecule has 0 atom stereocenters. The molecule has 0 fully saturated rings. The SMILES string of the molecule is COC(=O)c1c(C)[nH]c(-c2ccc(Cl)cc2OC)nc1=S. The number of carbonyl (C=O) groups excluding carboxylic acids is 1. The molecule has 1 heterocycles. The van der Waals surface area contributed by atoms with Crippen LogP contribution in [0.4, 0.5) is 0 Å². The molecule has 0 saturated heterocycles. The first-order valence-electron chi connectivity index (χ1n) is 6.01. The molecule has 1 aromatic carbocycles. The minimum absolute atomic E-state index is 0.171. The Balaban J connectivity index is 2.62. The number of hydrogen-bond donors (Lipinski definition) is 1. The zero-order valence-corrected chi connectivity index (χ0v) is 13.3. The van der Waals surface area contributed by atoms with Gasteiger partial charge in [0.05, 0.1) is 19.8 Å². The molecular weight excluding hydrogens is 312 g/mol. The largest absolute Gasteiger partial charge is 0.496 e. The van der Waals surface area contributed by atoms with Gasteiger partial charge in [0, 0.05) is 10.7 Å². The lowest BCUT2D eigenvalue weighted by atomic mass is 10.1. The topological polar surface area (TPSA) is 64.2 Å². The summed E-state index contributed by atoms with van der Waals surface area (Å²) in [6.45, 7) is 1.73. The van der Waals surface area contributed by atoms with E-state index < -0.39 is 5.97 Å². The van der Waals surface area contributed by atoms with Gasteiger partial charge in [0.25, 0.3) is 0 Å². The average Bonchev–Trinajstić information content (AvgIpc) is 2.45. The van der Waals surface area contributed by atoms with Crippen LogP contribution in [0.3, 0.4) is 0 Å². The third-order valence-electron chi connectivity index (χ3n) is 2.92. The Labute approximate surface area is 131 Å². The van der Waals surface area contributed by atoms with Crippen molar-refractivity contribution in [1.82, 2.24) is 9.97 Å². The number of rotatable bonds is 3. The first kappa shape index (κ1) is 15.5. The Bertz CT molecular complexity index is 758. The summed E-state index contributed by atoms with van der Waals surface area (Å²) in [6, 6.07) is 5.17. The molecule has 0 bridgehead atoms. The van der Waals surface area contributed by atoms with Gasteiger partial charge in [-0.15, -0.1) is 0 Å². The van der Waals surface area contributed by atoms with Gasteiger partial charge in [-0.2, -0.15) is 0 Å². The second-order valence-corrected chi connectivity index (χ2v) is 5.05. The van der Waals surface area contributed by atoms with Crippen molar-refractivity contribution in [2.24, 2.45) is 0 Å². The van der Waals surface area contributed by atoms with Crippen LogP contribution in [0.2, 0.25) is 5.02 Å². The van der Waals surface area contributed by atoms with Crippen molar-refractivity contribution in [3.63, 3.8) is 0 Å². The van der Waals surface area contributed by atoms with Gasteiger partial charge in [-0.1, -0.05) is 23.8 Å². The number of carbonyl (C=O) groups is 1. The lowest BCUT2D eigenvalue weighted by Gasteiger charge is -2.11. The number of nitrogens with one attached hydrogen (secondary N) is 1. The molecule has 0 unspecified atom stereocenters. The summed E-state index contributed by atoms with van der Waals surface area (Å²) in [7, 11) is 2.84. The van der Waals surface area contributed by atoms with Crippen LogP contribution in [0.5, 0.6) is 5.75 Å². The number of methoxy groups -OCH3 is 2. The van der Waals surface area contributed by atoms with Crippen LogP contribution >= 0.6 is 23.8 Å². The number of aromatic amines is 1. The first-order valence-corrected chi connectivity index (χ1v) is 6.79. The molecule has 1 aromatic heterocycles. The molecule has 0 amide bonds. The molecule has 0 saturated carbocycles. The zero-order valence-electron chi connectivity index (χ0n) is 11.7. The van der Waals surface area contributed by atoms with Crippen molar-refractivity contribution in [1.29, 1.82) is 0 Å². The van der Waals surface area contributed by atoms with E-state index in [4.69, 9.17) is 33.3 Å². The number of nitrogens with zero attached hydrogens (tertiary/aromatic N) is 1. The highest BCUT2D eigenvalue weighted by molar-refractivity contribution is 7.71. The van der Waals surface area contributed by atoms with Crippen LogP contribution in [0.25, 0.3) is 11.4 Å². The van der Waals surface area contributed by atoms with Crippen LogP contribution in [-0.4, -0.2) is 30.2 Å². The number of hydrogen-bond acceptors (Lipinski definition) is 5. The maximum atomic E-state index is 11.7. The van der Waals surface area contributed by atoms with E-state index in [1.807, 2.05) is 0 Å². The Morgan fingerprint density at radius 1 is 1.38 bits per heavy atom. The maximum Gasteiger partial charge on any atom is 0.342 e. The van der Waals surface area contributed by atoms with Crippen LogP contribution in [-0.2, 0) is 4.74 Å². The molecule has 110 valence electrons. The number of halogens is 1. The van der Waals surface area contributed by atoms with E-state index >= 15 is 0 Å². The fourth-order valence-electron chi connectivity index (χ4n) is 1.92. The van der Waals surface area contributed by atoms with Crippen molar-refractivity contribution in [2.75, 3.05) is 14.2 Å². The van der Waals surface area contributed by atoms with Crippen molar-refractivity contribution in [2.45, 2.75) is 6.92 Å². The summed E-state index contributed by atoms with van der Waals surface area (Å²) >= 11 is 11.1. The second-order valence-electron chi connectivity index (χ2n) is 4.23. The van der Waals surface area contributed by atoms with E-state index in [9.17, 15) is 4.79 Å². The summed E-state index contributed by atoms with van der Waals surface area (Å²) in [5.41, 5.74) is 1.53. The zero-order chi connectivity index (χ0) is 15.6. The van der Waals surface area contributed by atoms with E-state index in [1.54, 1.807) is 32.2 Å². The predicted molar refractivity (Wildman–Crippen MR) is 82.5 cm³/mol. The predicted octanol–water partition coefficient (Wildman–Crippen LogP) is 3.56. The standard InChI is InChI=1S/C14H13ClN2O3S/c1-7-11(14(18)20-3)13(21)17-12(16-7)9-5-4-8(15)6-10(9)19-2/h4-6H,1-3H3,(H,16,17,21). The summed E-state index contributed by atoms with van der Waals surface area (Å²) < 4.78 is 10.2. The van der Waals surface area contributed by atoms with E-state index in [2.05, 4.69) is 9.97 Å². The maximum absolute atomic E-state index is 11.7. The van der Waals surface area contributed by atoms with Crippen LogP contribution in [0.15, 0.2) is 18.2 Å². The normalized spacial score (nSPS) is 10.3. The number of aryl methyl sites for hydroxylation is 1. The number of esters is 1. The molecule has 7 heteroatoms. The number of H-pyrrole nitrogens is 1. The van der Waals surface area contributed by atoms with Gasteiger partial charge in [0.1, 0.15) is 21.8 Å². The quantitative estimate of drug-likeness (QED) is 0.690. The van der Waals surface area contributed by atoms with E-state index in [-0.39, 0.29) is 10.2 Å². The third-order valence-corrected chi connectivity index (χ3v) is 3.45. The van der Waals surface area contributed by atoms with Gasteiger partial charge >= 0.3 is 5.97 Å². The second kappa shape index (κ2) is 6.24. The van der Waals surface area contributed by atoms with E-state index in [0.717, 1.165) is 0 Å². The molecule has 0 aliphatic heterocycles. The highest BCUT2D eigenvalue weighted by Gasteiger charge is 2.16. The highest BCUT2D eigenvalue weighted by Crippen LogP contribution is 2.30. The third kappa shape index (κ3) is 3.06. The molecule has 2 aromatic rings. The first-order chi connectivity index (χ1) is 9.97. The monoisotopic (exact) mass is 324 g/mol. The minimum Gasteiger partial charge on any atom is -0.496 e. The Kier molecular flexibility index (Phi) is 4.59. The van der Waals surface area contributed by atoms with Crippen LogP contribution in [0.1, 0.15) is 16.1 Å². The number of benzene rings is 1. The summed E-state index contributed by atoms with van der Waals surface area (Å²) in [4.78, 5) is 19.0. The van der Waals surface area contributed by atoms with Gasteiger partial charge in [-0.05, 0) is 25.1 Å². The van der Waals surface area contributed by atoms with Crippen molar-refractivity contribution in [3.05, 3.63) is 39.1 Å². The molecule has 1 N–H and O–H groups in total. The van der Waals surface area contributed by atoms with Crippen molar-refractivity contribution < 1.29 is 14.3 Å². The van der Waals surface area contributed by atoms with Gasteiger partial charge in [-0.3, -0.25) is 0 Å². The van der Waals surface area contributed by atoms with Crippen molar-refractivity contribution >= 4 is 29.8 Å². The average molecular weight is 325 g/mol. The lowest BCUT2D eigenvalue weighted by Crippen LogP contribution is -2.09. The molecule has 0 radical (unpaired) electrons. The number of ether oxygens (including phenoxy) is 2. The summed E-state index contributed by atoms with van der Waals surface area (Å²) in [5, 5.41) is 0.553. The summed E-state index contributed by atoms with van der Waals surface area (Å²) in [5.74, 6) is 0.542. The van der Waals surface area contributed by atoms with Crippen LogP contribution in [0, 0.1) is 11.6 Å². The smallest absolute Gasteiger partial charge is 0.342 e. The summed E-state index contributed by atoms with van der Waals surface area (Å²) in [6.07, 6.45) is 0. The fourth-order valence-corrected chi connectivity index (χ4v) is 2.41. The van der Waals surface area contributed by atoms with Crippen LogP contribution < -0.4 is 4.74 Å². The van der Waals surface area contributed by atoms with E-state index in [1.165, 1.54) is 7.11 Å². The van der Waals surface area contributed by atoms with Gasteiger partial charge in [0.2, 0.25) is 0 Å². The van der Waals surface area contributed by atoms with E-state index in [0.29, 0.717) is 27.9 Å². The Morgan fingerprint density at radius 3 is 2.67 bits per heavy atom. The molecule has 0 spiro atoms. The van der Waals surface area contributed by atoms with Gasteiger partial charge in [-0.25, -0.2) is 9.78 Å². The molecule has 2 rings (SSSR count). The molecule has 0 aliphatic rings. The Morgan fingerprint density at radius 2 is 2.10 bits per heavy atom. The molecule has 5 nitrogen and oxygen atoms in total. The molecule has 21 heavy (non-hydrogen) atoms. The lowest BCUT2D eigenvalue weighted by molar-refractivity contribution is 0.0598. The van der Waals surface area contributed by atoms with Gasteiger partial charge in [0.15, 0.2) is 0 Å². The minimum atomic E-state index is -0.518. The molecule has 0 aliphatic carbocycles. The number of aromatic nitrogens is 2.